The van der Waals surface area contributed by atoms with Crippen LogP contribution in [-0.2, 0) is 19.1 Å². The van der Waals surface area contributed by atoms with Gasteiger partial charge in [-0.1, -0.05) is 48.8 Å². The van der Waals surface area contributed by atoms with Crippen LogP contribution in [0.15, 0.2) is 46.3 Å². The summed E-state index contributed by atoms with van der Waals surface area (Å²) in [7, 11) is 0. The van der Waals surface area contributed by atoms with E-state index in [9.17, 15) is 14.4 Å². The lowest BCUT2D eigenvalue weighted by Crippen LogP contribution is -2.50. The molecule has 0 radical (unpaired) electrons. The minimum atomic E-state index is -1.28. The van der Waals surface area contributed by atoms with E-state index in [1.165, 1.54) is 0 Å². The Morgan fingerprint density at radius 3 is 1.84 bits per heavy atom. The second-order valence-corrected chi connectivity index (χ2v) is 10.0. The Morgan fingerprint density at radius 1 is 0.938 bits per heavy atom. The fourth-order valence-electron chi connectivity index (χ4n) is 3.95. The van der Waals surface area contributed by atoms with E-state index in [4.69, 9.17) is 4.74 Å². The Balaban J connectivity index is 3.88. The first-order chi connectivity index (χ1) is 14.9. The summed E-state index contributed by atoms with van der Waals surface area (Å²) in [6, 6.07) is 0. The number of hydrogen-bond donors (Lipinski definition) is 0. The van der Waals surface area contributed by atoms with Crippen LogP contribution in [0.25, 0.3) is 0 Å². The fraction of sp³-hybridized carbons (Fsp3) is 0.607. The molecule has 1 unspecified atom stereocenters. The Bertz CT molecular complexity index is 817. The third kappa shape index (κ3) is 6.88. The van der Waals surface area contributed by atoms with Crippen molar-refractivity contribution >= 4 is 17.3 Å². The summed E-state index contributed by atoms with van der Waals surface area (Å²) in [6.45, 7) is 17.8. The molecule has 0 aromatic rings. The molecule has 0 spiro atoms. The first kappa shape index (κ1) is 27.8. The van der Waals surface area contributed by atoms with Gasteiger partial charge in [-0.3, -0.25) is 14.4 Å². The van der Waals surface area contributed by atoms with E-state index in [2.05, 4.69) is 0 Å². The van der Waals surface area contributed by atoms with Gasteiger partial charge in [-0.15, -0.1) is 0 Å². The van der Waals surface area contributed by atoms with E-state index in [-0.39, 0.29) is 35.4 Å². The van der Waals surface area contributed by atoms with Crippen LogP contribution >= 0.6 is 0 Å². The number of ketones is 3. The van der Waals surface area contributed by atoms with E-state index in [1.54, 1.807) is 0 Å². The largest absolute Gasteiger partial charge is 0.497 e. The van der Waals surface area contributed by atoms with E-state index in [0.717, 1.165) is 16.7 Å². The summed E-state index contributed by atoms with van der Waals surface area (Å²) in [4.78, 5) is 41.4. The van der Waals surface area contributed by atoms with Gasteiger partial charge in [0, 0.05) is 12.0 Å². The topological polar surface area (TPSA) is 60.4 Å². The molecule has 0 N–H and O–H groups in total. The van der Waals surface area contributed by atoms with E-state index < -0.39 is 11.3 Å². The first-order valence-electron chi connectivity index (χ1n) is 11.7. The molecule has 0 fully saturated rings. The van der Waals surface area contributed by atoms with E-state index in [1.807, 2.05) is 80.5 Å². The lowest BCUT2D eigenvalue weighted by molar-refractivity contribution is -0.146. The van der Waals surface area contributed by atoms with Crippen LogP contribution in [-0.4, -0.2) is 24.0 Å². The molecule has 1 aliphatic carbocycles. The minimum Gasteiger partial charge on any atom is -0.497 e. The van der Waals surface area contributed by atoms with Crippen molar-refractivity contribution in [3.63, 3.8) is 0 Å². The third-order valence-corrected chi connectivity index (χ3v) is 5.67. The zero-order valence-electron chi connectivity index (χ0n) is 21.6. The zero-order valence-corrected chi connectivity index (χ0v) is 21.6. The molecule has 32 heavy (non-hydrogen) atoms. The second kappa shape index (κ2) is 12.1. The van der Waals surface area contributed by atoms with Gasteiger partial charge in [-0.05, 0) is 73.6 Å². The van der Waals surface area contributed by atoms with Crippen molar-refractivity contribution in [2.75, 3.05) is 6.61 Å². The van der Waals surface area contributed by atoms with Gasteiger partial charge in [0.1, 0.15) is 11.7 Å². The van der Waals surface area contributed by atoms with Crippen molar-refractivity contribution in [1.82, 2.24) is 0 Å². The lowest BCUT2D eigenvalue weighted by Gasteiger charge is -2.39. The average molecular weight is 443 g/mol. The van der Waals surface area contributed by atoms with Gasteiger partial charge >= 0.3 is 0 Å². The Labute approximate surface area is 194 Å². The average Bonchev–Trinajstić information content (AvgIpc) is 2.66. The summed E-state index contributed by atoms with van der Waals surface area (Å²) in [5.74, 6) is -1.31. The zero-order chi connectivity index (χ0) is 24.6. The molecule has 4 heteroatoms. The highest BCUT2D eigenvalue weighted by molar-refractivity contribution is 6.24. The molecule has 0 aliphatic heterocycles. The standard InChI is InChI=1S/C28H42O4/c1-10-32-25-22(12-11-18(2)3)26(30)28(15-13-19(4)5,16-14-20(6)7)27(31)24(25)23(29)17-21(8)9/h11,13-14,21,24H,10,12,15-17H2,1-9H3. The predicted octanol–water partition coefficient (Wildman–Crippen LogP) is 6.72. The molecular formula is C28H42O4. The van der Waals surface area contributed by atoms with Gasteiger partial charge in [-0.25, -0.2) is 0 Å². The highest BCUT2D eigenvalue weighted by Crippen LogP contribution is 2.45. The summed E-state index contributed by atoms with van der Waals surface area (Å²) in [5, 5.41) is 0. The van der Waals surface area contributed by atoms with Crippen molar-refractivity contribution in [2.45, 2.75) is 88.0 Å². The quantitative estimate of drug-likeness (QED) is 0.263. The maximum Gasteiger partial charge on any atom is 0.176 e. The Kier molecular flexibility index (Phi) is 10.5. The van der Waals surface area contributed by atoms with Crippen LogP contribution in [0, 0.1) is 17.3 Å². The van der Waals surface area contributed by atoms with Crippen LogP contribution in [0.4, 0.5) is 0 Å². The number of hydrogen-bond acceptors (Lipinski definition) is 4. The van der Waals surface area contributed by atoms with Crippen LogP contribution in [0.1, 0.15) is 88.0 Å². The molecule has 0 aromatic carbocycles. The van der Waals surface area contributed by atoms with Crippen molar-refractivity contribution in [3.05, 3.63) is 46.3 Å². The van der Waals surface area contributed by atoms with E-state index >= 15 is 0 Å². The van der Waals surface area contributed by atoms with Crippen molar-refractivity contribution in [2.24, 2.45) is 17.3 Å². The highest BCUT2D eigenvalue weighted by Gasteiger charge is 2.55. The van der Waals surface area contributed by atoms with Crippen LogP contribution in [0.5, 0.6) is 0 Å². The monoisotopic (exact) mass is 442 g/mol. The minimum absolute atomic E-state index is 0.113. The van der Waals surface area contributed by atoms with Crippen LogP contribution < -0.4 is 0 Å². The number of Topliss-reactive ketones (excluding diaryl/α,β-unsaturated/α-hetero) is 3. The van der Waals surface area contributed by atoms with Crippen LogP contribution in [0.2, 0.25) is 0 Å². The second-order valence-electron chi connectivity index (χ2n) is 10.0. The molecule has 0 bridgehead atoms. The Morgan fingerprint density at radius 2 is 1.44 bits per heavy atom. The SMILES string of the molecule is CCOC1=C(CC=C(C)C)C(=O)C(CC=C(C)C)(CC=C(C)C)C(=O)C1C(=O)CC(C)C. The summed E-state index contributed by atoms with van der Waals surface area (Å²) in [6.07, 6.45) is 7.09. The smallest absolute Gasteiger partial charge is 0.176 e. The molecule has 1 atom stereocenters. The van der Waals surface area contributed by atoms with Crippen molar-refractivity contribution in [3.8, 4) is 0 Å². The highest BCUT2D eigenvalue weighted by atomic mass is 16.5. The van der Waals surface area contributed by atoms with Crippen molar-refractivity contribution < 1.29 is 19.1 Å². The van der Waals surface area contributed by atoms with Gasteiger partial charge in [0.05, 0.1) is 12.0 Å². The number of carbonyl (C=O) groups excluding carboxylic acids is 3. The molecule has 0 amide bonds. The molecule has 0 saturated carbocycles. The molecule has 1 rings (SSSR count). The van der Waals surface area contributed by atoms with Gasteiger partial charge in [0.2, 0.25) is 0 Å². The summed E-state index contributed by atoms with van der Waals surface area (Å²) >= 11 is 0. The van der Waals surface area contributed by atoms with Crippen LogP contribution in [0.3, 0.4) is 0 Å². The van der Waals surface area contributed by atoms with Gasteiger partial charge in [0.15, 0.2) is 17.3 Å². The lowest BCUT2D eigenvalue weighted by atomic mass is 9.61. The molecule has 0 heterocycles. The van der Waals surface area contributed by atoms with Gasteiger partial charge in [0.25, 0.3) is 0 Å². The molecule has 1 aliphatic rings. The maximum absolute atomic E-state index is 14.0. The normalized spacial score (nSPS) is 17.9. The number of carbonyl (C=O) groups is 3. The first-order valence-corrected chi connectivity index (χ1v) is 11.7. The van der Waals surface area contributed by atoms with Crippen molar-refractivity contribution in [1.29, 1.82) is 0 Å². The Hall–Kier alpha value is -2.23. The number of ether oxygens (including phenoxy) is 1. The molecular weight excluding hydrogens is 400 g/mol. The van der Waals surface area contributed by atoms with E-state index in [0.29, 0.717) is 31.4 Å². The third-order valence-electron chi connectivity index (χ3n) is 5.67. The predicted molar refractivity (Wildman–Crippen MR) is 131 cm³/mol. The fourth-order valence-corrected chi connectivity index (χ4v) is 3.95. The number of allylic oxidation sites excluding steroid dienone is 8. The number of rotatable bonds is 11. The maximum atomic E-state index is 14.0. The van der Waals surface area contributed by atoms with Gasteiger partial charge < -0.3 is 4.74 Å². The van der Waals surface area contributed by atoms with Gasteiger partial charge in [-0.2, -0.15) is 0 Å². The summed E-state index contributed by atoms with van der Waals surface area (Å²) < 4.78 is 5.89. The molecule has 4 nitrogen and oxygen atoms in total. The summed E-state index contributed by atoms with van der Waals surface area (Å²) in [5.41, 5.74) is 2.34. The molecule has 178 valence electrons. The molecule has 0 saturated heterocycles. The molecule has 0 aromatic heterocycles.